The highest BCUT2D eigenvalue weighted by Crippen LogP contribution is 2.45. The van der Waals surface area contributed by atoms with Crippen molar-refractivity contribution in [3.05, 3.63) is 46.6 Å². The van der Waals surface area contributed by atoms with Gasteiger partial charge in [-0.3, -0.25) is 0 Å². The van der Waals surface area contributed by atoms with Crippen LogP contribution >= 0.6 is 0 Å². The molecule has 3 unspecified atom stereocenters. The van der Waals surface area contributed by atoms with Gasteiger partial charge in [-0.1, -0.05) is 90.9 Å². The lowest BCUT2D eigenvalue weighted by molar-refractivity contribution is -0.129. The highest BCUT2D eigenvalue weighted by molar-refractivity contribution is 5.85. The molecule has 0 saturated carbocycles. The quantitative estimate of drug-likeness (QED) is 0.0990. The van der Waals surface area contributed by atoms with E-state index < -0.39 is 0 Å². The lowest BCUT2D eigenvalue weighted by Gasteiger charge is -2.38. The summed E-state index contributed by atoms with van der Waals surface area (Å²) in [7, 11) is 0. The second-order valence-corrected chi connectivity index (χ2v) is 12.7. The van der Waals surface area contributed by atoms with Gasteiger partial charge in [0.25, 0.3) is 0 Å². The van der Waals surface area contributed by atoms with E-state index in [-0.39, 0.29) is 11.6 Å². The van der Waals surface area contributed by atoms with E-state index in [1.165, 1.54) is 63.0 Å². The fourth-order valence-electron chi connectivity index (χ4n) is 5.79. The molecule has 0 N–H and O–H groups in total. The van der Waals surface area contributed by atoms with Crippen molar-refractivity contribution in [2.75, 3.05) is 0 Å². The van der Waals surface area contributed by atoms with Crippen LogP contribution in [0.2, 0.25) is 0 Å². The average molecular weight is 525 g/mol. The number of ether oxygens (including phenoxy) is 2. The highest BCUT2D eigenvalue weighted by Gasteiger charge is 2.34. The fraction of sp³-hybridized carbons (Fsp3) is 0.686. The SMILES string of the molecule is C/C=C/C=C/C(=O)Oc1c(C)c(C)c2c(c1C)CCC(C)(CCCC(C)CCCC(C)CCCC(C)C)O2. The van der Waals surface area contributed by atoms with Crippen molar-refractivity contribution in [1.29, 1.82) is 0 Å². The Kier molecular flexibility index (Phi) is 13.2. The van der Waals surface area contributed by atoms with Crippen molar-refractivity contribution in [3.8, 4) is 11.5 Å². The molecule has 0 aromatic heterocycles. The molecule has 2 rings (SSSR count). The minimum absolute atomic E-state index is 0.130. The Morgan fingerprint density at radius 1 is 0.895 bits per heavy atom. The fourth-order valence-corrected chi connectivity index (χ4v) is 5.79. The van der Waals surface area contributed by atoms with Gasteiger partial charge in [-0.15, -0.1) is 0 Å². The summed E-state index contributed by atoms with van der Waals surface area (Å²) in [5.74, 6) is 3.84. The van der Waals surface area contributed by atoms with Crippen molar-refractivity contribution < 1.29 is 14.3 Å². The first-order valence-corrected chi connectivity index (χ1v) is 15.3. The van der Waals surface area contributed by atoms with Gasteiger partial charge >= 0.3 is 5.97 Å². The Morgan fingerprint density at radius 2 is 1.50 bits per heavy atom. The Balaban J connectivity index is 1.88. The molecule has 0 radical (unpaired) electrons. The molecule has 0 bridgehead atoms. The molecule has 3 nitrogen and oxygen atoms in total. The molecule has 1 aromatic rings. The van der Waals surface area contributed by atoms with Gasteiger partial charge in [0.1, 0.15) is 17.1 Å². The van der Waals surface area contributed by atoms with Gasteiger partial charge < -0.3 is 9.47 Å². The Hall–Kier alpha value is -2.03. The summed E-state index contributed by atoms with van der Waals surface area (Å²) in [5, 5.41) is 0. The summed E-state index contributed by atoms with van der Waals surface area (Å²) < 4.78 is 12.5. The number of carbonyl (C=O) groups is 1. The van der Waals surface area contributed by atoms with Crippen LogP contribution in [0, 0.1) is 38.5 Å². The third-order valence-electron chi connectivity index (χ3n) is 8.58. The van der Waals surface area contributed by atoms with Gasteiger partial charge in [-0.2, -0.15) is 0 Å². The first-order chi connectivity index (χ1) is 18.0. The monoisotopic (exact) mass is 524 g/mol. The van der Waals surface area contributed by atoms with Crippen molar-refractivity contribution in [2.24, 2.45) is 17.8 Å². The molecule has 1 heterocycles. The van der Waals surface area contributed by atoms with E-state index in [1.807, 2.05) is 26.0 Å². The first kappa shape index (κ1) is 32.2. The predicted molar refractivity (Wildman–Crippen MR) is 162 cm³/mol. The van der Waals surface area contributed by atoms with Crippen LogP contribution in [0.3, 0.4) is 0 Å². The van der Waals surface area contributed by atoms with Gasteiger partial charge in [0.15, 0.2) is 0 Å². The molecule has 0 fully saturated rings. The van der Waals surface area contributed by atoms with E-state index in [2.05, 4.69) is 48.5 Å². The van der Waals surface area contributed by atoms with Crippen molar-refractivity contribution in [1.82, 2.24) is 0 Å². The number of benzene rings is 1. The molecule has 38 heavy (non-hydrogen) atoms. The van der Waals surface area contributed by atoms with Crippen LogP contribution in [-0.4, -0.2) is 11.6 Å². The average Bonchev–Trinajstić information content (AvgIpc) is 2.85. The Labute approximate surface area is 234 Å². The summed E-state index contributed by atoms with van der Waals surface area (Å²) in [6.45, 7) is 19.9. The number of esters is 1. The molecule has 214 valence electrons. The van der Waals surface area contributed by atoms with Crippen molar-refractivity contribution >= 4 is 5.97 Å². The molecular formula is C35H56O3. The number of fused-ring (bicyclic) bond motifs is 1. The smallest absolute Gasteiger partial charge is 0.336 e. The van der Waals surface area contributed by atoms with E-state index in [0.29, 0.717) is 5.75 Å². The zero-order valence-corrected chi connectivity index (χ0v) is 26.0. The van der Waals surface area contributed by atoms with Crippen LogP contribution in [0.15, 0.2) is 24.3 Å². The summed E-state index contributed by atoms with van der Waals surface area (Å²) in [5.41, 5.74) is 4.18. The minimum Gasteiger partial charge on any atom is -0.487 e. The highest BCUT2D eigenvalue weighted by atomic mass is 16.5. The van der Waals surface area contributed by atoms with Crippen LogP contribution in [0.5, 0.6) is 11.5 Å². The molecule has 0 spiro atoms. The number of allylic oxidation sites excluding steroid dienone is 3. The maximum absolute atomic E-state index is 12.3. The van der Waals surface area contributed by atoms with Crippen LogP contribution in [0.1, 0.15) is 128 Å². The summed E-state index contributed by atoms with van der Waals surface area (Å²) in [6.07, 6.45) is 20.7. The number of carbonyl (C=O) groups excluding carboxylic acids is 1. The van der Waals surface area contributed by atoms with Gasteiger partial charge in [-0.05, 0) is 94.7 Å². The summed E-state index contributed by atoms with van der Waals surface area (Å²) >= 11 is 0. The van der Waals surface area contributed by atoms with E-state index in [1.54, 1.807) is 6.08 Å². The minimum atomic E-state index is -0.343. The van der Waals surface area contributed by atoms with Gasteiger partial charge in [0.2, 0.25) is 0 Å². The third kappa shape index (κ3) is 9.93. The second kappa shape index (κ2) is 15.5. The van der Waals surface area contributed by atoms with E-state index in [4.69, 9.17) is 9.47 Å². The molecule has 0 aliphatic carbocycles. The number of hydrogen-bond acceptors (Lipinski definition) is 3. The van der Waals surface area contributed by atoms with Gasteiger partial charge in [-0.25, -0.2) is 4.79 Å². The van der Waals surface area contributed by atoms with Crippen LogP contribution in [0.4, 0.5) is 0 Å². The zero-order valence-electron chi connectivity index (χ0n) is 26.0. The molecular weight excluding hydrogens is 468 g/mol. The summed E-state index contributed by atoms with van der Waals surface area (Å²) in [6, 6.07) is 0. The van der Waals surface area contributed by atoms with Gasteiger partial charge in [0.05, 0.1) is 0 Å². The topological polar surface area (TPSA) is 35.5 Å². The largest absolute Gasteiger partial charge is 0.487 e. The summed E-state index contributed by atoms with van der Waals surface area (Å²) in [4.78, 5) is 12.3. The molecule has 3 heteroatoms. The van der Waals surface area contributed by atoms with E-state index >= 15 is 0 Å². The zero-order chi connectivity index (χ0) is 28.3. The van der Waals surface area contributed by atoms with Crippen LogP contribution < -0.4 is 9.47 Å². The molecule has 1 aliphatic rings. The second-order valence-electron chi connectivity index (χ2n) is 12.7. The standard InChI is InChI=1S/C35H56O3/c1-10-11-12-21-32(36)37-33-28(6)29(7)34-31(30(33)8)22-24-35(9,38-34)23-15-20-27(5)19-14-18-26(4)17-13-16-25(2)3/h10-12,21,25-27H,13-20,22-24H2,1-9H3/b11-10+,21-12+. The maximum atomic E-state index is 12.3. The lowest BCUT2D eigenvalue weighted by Crippen LogP contribution is -2.37. The number of hydrogen-bond donors (Lipinski definition) is 0. The number of rotatable bonds is 15. The van der Waals surface area contributed by atoms with Crippen molar-refractivity contribution in [3.63, 3.8) is 0 Å². The Morgan fingerprint density at radius 3 is 2.11 bits per heavy atom. The Bertz CT molecular complexity index is 955. The third-order valence-corrected chi connectivity index (χ3v) is 8.58. The molecule has 1 aromatic carbocycles. The molecule has 3 atom stereocenters. The normalized spacial score (nSPS) is 19.1. The van der Waals surface area contributed by atoms with E-state index in [9.17, 15) is 4.79 Å². The van der Waals surface area contributed by atoms with Crippen LogP contribution in [-0.2, 0) is 11.2 Å². The lowest BCUT2D eigenvalue weighted by atomic mass is 9.83. The van der Waals surface area contributed by atoms with Gasteiger partial charge in [0, 0.05) is 11.6 Å². The van der Waals surface area contributed by atoms with Crippen LogP contribution in [0.25, 0.3) is 0 Å². The maximum Gasteiger partial charge on any atom is 0.336 e. The first-order valence-electron chi connectivity index (χ1n) is 15.3. The van der Waals surface area contributed by atoms with Crippen molar-refractivity contribution in [2.45, 2.75) is 139 Å². The predicted octanol–water partition coefficient (Wildman–Crippen LogP) is 10.2. The molecule has 0 amide bonds. The van der Waals surface area contributed by atoms with E-state index in [0.717, 1.165) is 59.5 Å². The molecule has 1 aliphatic heterocycles. The molecule has 0 saturated heterocycles.